The maximum Gasteiger partial charge on any atom is 0.135 e. The SMILES string of the molecule is c1ccc2c(c1)Oc1cccc3c(-c4c5ccccc5c(-c5cc6ccc7ccccc7c6c6ccccc56)c5ccccc45)ccc-2c13. The highest BCUT2D eigenvalue weighted by molar-refractivity contribution is 6.29. The van der Waals surface area contributed by atoms with Crippen molar-refractivity contribution >= 4 is 64.6 Å². The predicted molar refractivity (Wildman–Crippen MR) is 208 cm³/mol. The van der Waals surface area contributed by atoms with Gasteiger partial charge >= 0.3 is 0 Å². The Morgan fingerprint density at radius 1 is 0.265 bits per heavy atom. The van der Waals surface area contributed by atoms with Gasteiger partial charge in [-0.2, -0.15) is 0 Å². The second-order valence-electron chi connectivity index (χ2n) is 13.1. The molecule has 0 unspecified atom stereocenters. The van der Waals surface area contributed by atoms with E-state index in [2.05, 4.69) is 164 Å². The Hall–Kier alpha value is -6.44. The molecule has 0 atom stereocenters. The lowest BCUT2D eigenvalue weighted by molar-refractivity contribution is 0.487. The van der Waals surface area contributed by atoms with Gasteiger partial charge in [0.05, 0.1) is 0 Å². The van der Waals surface area contributed by atoms with Crippen LogP contribution in [0.3, 0.4) is 0 Å². The number of ether oxygens (including phenoxy) is 1. The van der Waals surface area contributed by atoms with Gasteiger partial charge in [-0.1, -0.05) is 152 Å². The first-order chi connectivity index (χ1) is 24.3. The van der Waals surface area contributed by atoms with E-state index in [1.165, 1.54) is 92.5 Å². The summed E-state index contributed by atoms with van der Waals surface area (Å²) in [6, 6.07) is 62.1. The normalized spacial score (nSPS) is 12.2. The minimum Gasteiger partial charge on any atom is -0.456 e. The molecule has 0 saturated carbocycles. The van der Waals surface area contributed by atoms with Crippen molar-refractivity contribution < 1.29 is 4.74 Å². The van der Waals surface area contributed by atoms with Gasteiger partial charge in [0.1, 0.15) is 11.5 Å². The molecule has 0 bridgehead atoms. The van der Waals surface area contributed by atoms with Gasteiger partial charge in [0, 0.05) is 10.9 Å². The van der Waals surface area contributed by atoms with Crippen molar-refractivity contribution in [2.75, 3.05) is 0 Å². The van der Waals surface area contributed by atoms with Crippen LogP contribution < -0.4 is 4.74 Å². The van der Waals surface area contributed by atoms with Gasteiger partial charge in [0.2, 0.25) is 0 Å². The van der Waals surface area contributed by atoms with Crippen molar-refractivity contribution in [3.63, 3.8) is 0 Å². The summed E-state index contributed by atoms with van der Waals surface area (Å²) in [5.74, 6) is 1.82. The molecule has 49 heavy (non-hydrogen) atoms. The molecule has 10 aromatic carbocycles. The van der Waals surface area contributed by atoms with Crippen LogP contribution in [0.1, 0.15) is 0 Å². The zero-order valence-electron chi connectivity index (χ0n) is 26.6. The third-order valence-electron chi connectivity index (χ3n) is 10.6. The van der Waals surface area contributed by atoms with Crippen LogP contribution in [0.5, 0.6) is 11.5 Å². The number of hydrogen-bond donors (Lipinski definition) is 0. The Balaban J connectivity index is 1.27. The molecule has 0 N–H and O–H groups in total. The first-order valence-corrected chi connectivity index (χ1v) is 16.9. The summed E-state index contributed by atoms with van der Waals surface area (Å²) in [5.41, 5.74) is 7.38. The van der Waals surface area contributed by atoms with Crippen molar-refractivity contribution in [1.82, 2.24) is 0 Å². The molecule has 0 aliphatic carbocycles. The number of fused-ring (bicyclic) bond motifs is 9. The summed E-state index contributed by atoms with van der Waals surface area (Å²) in [5, 5.41) is 15.1. The van der Waals surface area contributed by atoms with Crippen molar-refractivity contribution in [2.45, 2.75) is 0 Å². The molecular weight excluding hydrogens is 593 g/mol. The summed E-state index contributed by atoms with van der Waals surface area (Å²) in [4.78, 5) is 0. The van der Waals surface area contributed by atoms with Crippen LogP contribution >= 0.6 is 0 Å². The molecule has 0 saturated heterocycles. The Morgan fingerprint density at radius 2 is 0.796 bits per heavy atom. The van der Waals surface area contributed by atoms with Crippen LogP contribution in [-0.4, -0.2) is 0 Å². The van der Waals surface area contributed by atoms with Crippen LogP contribution in [-0.2, 0) is 0 Å². The van der Waals surface area contributed by atoms with Gasteiger partial charge in [-0.05, 0) is 105 Å². The Labute approximate surface area is 283 Å². The molecule has 1 heterocycles. The van der Waals surface area contributed by atoms with Gasteiger partial charge in [-0.25, -0.2) is 0 Å². The third kappa shape index (κ3) is 3.70. The van der Waals surface area contributed by atoms with Gasteiger partial charge in [0.25, 0.3) is 0 Å². The number of hydrogen-bond acceptors (Lipinski definition) is 1. The molecule has 1 heteroatoms. The van der Waals surface area contributed by atoms with Crippen molar-refractivity contribution in [1.29, 1.82) is 0 Å². The van der Waals surface area contributed by atoms with E-state index in [1.807, 2.05) is 6.07 Å². The molecule has 1 aliphatic rings. The van der Waals surface area contributed by atoms with E-state index in [9.17, 15) is 0 Å². The van der Waals surface area contributed by atoms with Gasteiger partial charge in [0.15, 0.2) is 0 Å². The monoisotopic (exact) mass is 620 g/mol. The van der Waals surface area contributed by atoms with Crippen LogP contribution in [0.25, 0.3) is 98.0 Å². The smallest absolute Gasteiger partial charge is 0.135 e. The summed E-state index contributed by atoms with van der Waals surface area (Å²) in [6.45, 7) is 0. The average Bonchev–Trinajstić information content (AvgIpc) is 3.17. The topological polar surface area (TPSA) is 9.23 Å². The van der Waals surface area contributed by atoms with E-state index in [4.69, 9.17) is 4.74 Å². The van der Waals surface area contributed by atoms with Crippen molar-refractivity contribution in [3.8, 4) is 44.9 Å². The lowest BCUT2D eigenvalue weighted by Gasteiger charge is -2.24. The average molecular weight is 621 g/mol. The van der Waals surface area contributed by atoms with E-state index >= 15 is 0 Å². The maximum absolute atomic E-state index is 6.50. The molecule has 0 amide bonds. The molecule has 0 aromatic heterocycles. The fourth-order valence-electron chi connectivity index (χ4n) is 8.59. The zero-order chi connectivity index (χ0) is 32.1. The molecule has 0 fully saturated rings. The number of rotatable bonds is 2. The molecule has 1 nitrogen and oxygen atoms in total. The lowest BCUT2D eigenvalue weighted by atomic mass is 9.82. The fourth-order valence-corrected chi connectivity index (χ4v) is 8.59. The number of para-hydroxylation sites is 1. The van der Waals surface area contributed by atoms with E-state index in [0.717, 1.165) is 17.1 Å². The fraction of sp³-hybridized carbons (Fsp3) is 0. The van der Waals surface area contributed by atoms with Crippen LogP contribution in [0, 0.1) is 0 Å². The van der Waals surface area contributed by atoms with Gasteiger partial charge in [-0.15, -0.1) is 0 Å². The highest BCUT2D eigenvalue weighted by atomic mass is 16.5. The van der Waals surface area contributed by atoms with E-state index in [1.54, 1.807) is 0 Å². The van der Waals surface area contributed by atoms with Crippen molar-refractivity contribution in [3.05, 3.63) is 170 Å². The van der Waals surface area contributed by atoms with Gasteiger partial charge in [-0.3, -0.25) is 0 Å². The first kappa shape index (κ1) is 26.6. The molecule has 1 aliphatic heterocycles. The highest BCUT2D eigenvalue weighted by Gasteiger charge is 2.24. The summed E-state index contributed by atoms with van der Waals surface area (Å²) >= 11 is 0. The zero-order valence-corrected chi connectivity index (χ0v) is 26.6. The van der Waals surface area contributed by atoms with E-state index in [0.29, 0.717) is 0 Å². The second kappa shape index (κ2) is 10.0. The molecule has 10 aromatic rings. The molecule has 0 spiro atoms. The Bertz CT molecular complexity index is 2960. The first-order valence-electron chi connectivity index (χ1n) is 16.9. The number of benzene rings is 10. The minimum atomic E-state index is 0.908. The minimum absolute atomic E-state index is 0.908. The van der Waals surface area contributed by atoms with E-state index in [-0.39, 0.29) is 0 Å². The van der Waals surface area contributed by atoms with Crippen molar-refractivity contribution in [2.24, 2.45) is 0 Å². The molecule has 0 radical (unpaired) electrons. The standard InChI is InChI=1S/C48H28O/c1-2-13-31-29(12-1)24-25-30-28-42(32-14-3-4-16-34(32)45(30)31)47-37-19-7-5-17-35(37)46(36-18-6-8-20-38(36)47)41-27-26-40-33-15-9-10-22-43(33)49-44-23-11-21-39(41)48(40)44/h1-28H. The Morgan fingerprint density at radius 3 is 1.55 bits per heavy atom. The van der Waals surface area contributed by atoms with Crippen LogP contribution in [0.4, 0.5) is 0 Å². The summed E-state index contributed by atoms with van der Waals surface area (Å²) in [7, 11) is 0. The summed E-state index contributed by atoms with van der Waals surface area (Å²) < 4.78 is 6.50. The lowest BCUT2D eigenvalue weighted by Crippen LogP contribution is -1.98. The van der Waals surface area contributed by atoms with Crippen LogP contribution in [0.2, 0.25) is 0 Å². The van der Waals surface area contributed by atoms with Crippen LogP contribution in [0.15, 0.2) is 170 Å². The quantitative estimate of drug-likeness (QED) is 0.138. The summed E-state index contributed by atoms with van der Waals surface area (Å²) in [6.07, 6.45) is 0. The molecule has 11 rings (SSSR count). The molecular formula is C48H28O. The highest BCUT2D eigenvalue weighted by Crippen LogP contribution is 2.52. The molecule has 226 valence electrons. The Kier molecular flexibility index (Phi) is 5.45. The third-order valence-corrected chi connectivity index (χ3v) is 10.6. The van der Waals surface area contributed by atoms with E-state index < -0.39 is 0 Å². The second-order valence-corrected chi connectivity index (χ2v) is 13.1. The maximum atomic E-state index is 6.50. The van der Waals surface area contributed by atoms with Gasteiger partial charge < -0.3 is 4.74 Å². The predicted octanol–water partition coefficient (Wildman–Crippen LogP) is 13.7. The largest absolute Gasteiger partial charge is 0.456 e.